The summed E-state index contributed by atoms with van der Waals surface area (Å²) in [5.74, 6) is 0. The van der Waals surface area contributed by atoms with Crippen molar-refractivity contribution in [1.29, 1.82) is 0 Å². The molecular weight excluding hydrogens is 338 g/mol. The average Bonchev–Trinajstić information content (AvgIpc) is 3.04. The normalized spacial score (nSPS) is 15.3. The fourth-order valence-corrected chi connectivity index (χ4v) is 4.53. The van der Waals surface area contributed by atoms with E-state index < -0.39 is 0 Å². The van der Waals surface area contributed by atoms with Crippen molar-refractivity contribution in [3.8, 4) is 0 Å². The Morgan fingerprint density at radius 3 is 2.42 bits per heavy atom. The molecular formula is C19H20ClN3S. The number of piperazine rings is 1. The predicted octanol–water partition coefficient (Wildman–Crippen LogP) is 4.89. The minimum atomic E-state index is 0.831. The van der Waals surface area contributed by atoms with Crippen molar-refractivity contribution in [3.63, 3.8) is 0 Å². The average molecular weight is 358 g/mol. The third-order valence-electron chi connectivity index (χ3n) is 4.82. The van der Waals surface area contributed by atoms with Crippen LogP contribution in [0, 0.1) is 13.8 Å². The largest absolute Gasteiger partial charge is 0.367 e. The van der Waals surface area contributed by atoms with E-state index in [0.29, 0.717) is 0 Å². The van der Waals surface area contributed by atoms with Gasteiger partial charge in [0.05, 0.1) is 20.9 Å². The van der Waals surface area contributed by atoms with Gasteiger partial charge in [-0.05, 0) is 43.2 Å². The number of aromatic nitrogens is 1. The molecule has 0 N–H and O–H groups in total. The van der Waals surface area contributed by atoms with E-state index in [9.17, 15) is 0 Å². The second-order valence-corrected chi connectivity index (χ2v) is 7.69. The molecule has 2 aromatic carbocycles. The van der Waals surface area contributed by atoms with Crippen LogP contribution in [0.3, 0.4) is 0 Å². The molecule has 0 bridgehead atoms. The first-order valence-corrected chi connectivity index (χ1v) is 9.44. The molecule has 0 saturated carbocycles. The fraction of sp³-hybridized carbons (Fsp3) is 0.316. The van der Waals surface area contributed by atoms with E-state index in [4.69, 9.17) is 16.6 Å². The number of thiazole rings is 1. The Bertz CT molecular complexity index is 881. The van der Waals surface area contributed by atoms with Gasteiger partial charge in [-0.2, -0.15) is 0 Å². The molecule has 24 heavy (non-hydrogen) atoms. The van der Waals surface area contributed by atoms with Crippen molar-refractivity contribution in [2.75, 3.05) is 36.0 Å². The first-order chi connectivity index (χ1) is 11.6. The summed E-state index contributed by atoms with van der Waals surface area (Å²) in [7, 11) is 0. The van der Waals surface area contributed by atoms with E-state index in [2.05, 4.69) is 41.8 Å². The molecule has 0 radical (unpaired) electrons. The van der Waals surface area contributed by atoms with Gasteiger partial charge >= 0.3 is 0 Å². The molecule has 2 heterocycles. The second-order valence-electron chi connectivity index (χ2n) is 6.28. The number of aryl methyl sites for hydroxylation is 2. The van der Waals surface area contributed by atoms with Crippen molar-refractivity contribution in [2.24, 2.45) is 0 Å². The summed E-state index contributed by atoms with van der Waals surface area (Å²) < 4.78 is 1.28. The van der Waals surface area contributed by atoms with Crippen LogP contribution in [-0.2, 0) is 0 Å². The number of anilines is 2. The summed E-state index contributed by atoms with van der Waals surface area (Å²) in [4.78, 5) is 9.67. The van der Waals surface area contributed by atoms with Gasteiger partial charge in [0.1, 0.15) is 0 Å². The third kappa shape index (κ3) is 2.74. The van der Waals surface area contributed by atoms with Gasteiger partial charge in [-0.3, -0.25) is 0 Å². The molecule has 0 amide bonds. The molecule has 3 nitrogen and oxygen atoms in total. The van der Waals surface area contributed by atoms with Crippen LogP contribution in [0.4, 0.5) is 10.8 Å². The SMILES string of the molecule is Cc1ccc2sc(N3CCN(c4ccccc4Cl)CC3)nc2c1C. The van der Waals surface area contributed by atoms with E-state index in [-0.39, 0.29) is 0 Å². The Kier molecular flexibility index (Phi) is 4.10. The summed E-state index contributed by atoms with van der Waals surface area (Å²) >= 11 is 8.13. The Labute approximate surface area is 151 Å². The topological polar surface area (TPSA) is 19.4 Å². The lowest BCUT2D eigenvalue weighted by molar-refractivity contribution is 0.652. The molecule has 5 heteroatoms. The molecule has 3 aromatic rings. The highest BCUT2D eigenvalue weighted by Gasteiger charge is 2.21. The number of nitrogens with zero attached hydrogens (tertiary/aromatic N) is 3. The zero-order valence-corrected chi connectivity index (χ0v) is 15.5. The van der Waals surface area contributed by atoms with E-state index >= 15 is 0 Å². The molecule has 1 aliphatic heterocycles. The van der Waals surface area contributed by atoms with Crippen molar-refractivity contribution in [1.82, 2.24) is 4.98 Å². The zero-order chi connectivity index (χ0) is 16.7. The Hall–Kier alpha value is -1.78. The van der Waals surface area contributed by atoms with Crippen molar-refractivity contribution >= 4 is 44.0 Å². The lowest BCUT2D eigenvalue weighted by Crippen LogP contribution is -2.46. The quantitative estimate of drug-likeness (QED) is 0.650. The van der Waals surface area contributed by atoms with E-state index in [1.54, 1.807) is 11.3 Å². The van der Waals surface area contributed by atoms with Crippen LogP contribution in [0.25, 0.3) is 10.2 Å². The Morgan fingerprint density at radius 2 is 1.67 bits per heavy atom. The number of halogens is 1. The maximum atomic E-state index is 6.33. The number of benzene rings is 2. The van der Waals surface area contributed by atoms with E-state index in [1.165, 1.54) is 15.8 Å². The number of hydrogen-bond donors (Lipinski definition) is 0. The Balaban J connectivity index is 1.54. The van der Waals surface area contributed by atoms with Crippen LogP contribution < -0.4 is 9.80 Å². The minimum absolute atomic E-state index is 0.831. The number of fused-ring (bicyclic) bond motifs is 1. The van der Waals surface area contributed by atoms with Gasteiger partial charge in [-0.25, -0.2) is 4.98 Å². The van der Waals surface area contributed by atoms with Gasteiger partial charge in [0, 0.05) is 26.2 Å². The van der Waals surface area contributed by atoms with E-state index in [0.717, 1.165) is 47.5 Å². The molecule has 0 atom stereocenters. The molecule has 0 spiro atoms. The van der Waals surface area contributed by atoms with Gasteiger partial charge in [-0.1, -0.05) is 41.1 Å². The first kappa shape index (κ1) is 15.7. The summed E-state index contributed by atoms with van der Waals surface area (Å²) in [6, 6.07) is 12.5. The van der Waals surface area contributed by atoms with Crippen LogP contribution in [-0.4, -0.2) is 31.2 Å². The van der Waals surface area contributed by atoms with Gasteiger partial charge in [0.2, 0.25) is 0 Å². The number of para-hydroxylation sites is 1. The molecule has 124 valence electrons. The zero-order valence-electron chi connectivity index (χ0n) is 13.9. The van der Waals surface area contributed by atoms with Gasteiger partial charge in [0.15, 0.2) is 5.13 Å². The maximum Gasteiger partial charge on any atom is 0.186 e. The maximum absolute atomic E-state index is 6.33. The number of hydrogen-bond acceptors (Lipinski definition) is 4. The lowest BCUT2D eigenvalue weighted by Gasteiger charge is -2.36. The highest BCUT2D eigenvalue weighted by molar-refractivity contribution is 7.22. The second kappa shape index (κ2) is 6.26. The highest BCUT2D eigenvalue weighted by atomic mass is 35.5. The smallest absolute Gasteiger partial charge is 0.186 e. The predicted molar refractivity (Wildman–Crippen MR) is 105 cm³/mol. The van der Waals surface area contributed by atoms with Gasteiger partial charge in [-0.15, -0.1) is 0 Å². The van der Waals surface area contributed by atoms with Crippen LogP contribution >= 0.6 is 22.9 Å². The summed E-state index contributed by atoms with van der Waals surface area (Å²) in [6.07, 6.45) is 0. The molecule has 1 fully saturated rings. The summed E-state index contributed by atoms with van der Waals surface area (Å²) in [5.41, 5.74) is 4.89. The number of rotatable bonds is 2. The van der Waals surface area contributed by atoms with Crippen molar-refractivity contribution in [3.05, 3.63) is 52.5 Å². The first-order valence-electron chi connectivity index (χ1n) is 8.24. The van der Waals surface area contributed by atoms with Crippen LogP contribution in [0.15, 0.2) is 36.4 Å². The van der Waals surface area contributed by atoms with Crippen molar-refractivity contribution in [2.45, 2.75) is 13.8 Å². The molecule has 4 rings (SSSR count). The molecule has 1 saturated heterocycles. The summed E-state index contributed by atoms with van der Waals surface area (Å²) in [5, 5.41) is 1.97. The fourth-order valence-electron chi connectivity index (χ4n) is 3.20. The lowest BCUT2D eigenvalue weighted by atomic mass is 10.1. The van der Waals surface area contributed by atoms with Gasteiger partial charge in [0.25, 0.3) is 0 Å². The molecule has 0 aliphatic carbocycles. The molecule has 1 aromatic heterocycles. The highest BCUT2D eigenvalue weighted by Crippen LogP contribution is 2.33. The molecule has 1 aliphatic rings. The standard InChI is InChI=1S/C19H20ClN3S/c1-13-7-8-17-18(14(13)2)21-19(24-17)23-11-9-22(10-12-23)16-6-4-3-5-15(16)20/h3-8H,9-12H2,1-2H3. The molecule has 0 unspecified atom stereocenters. The Morgan fingerprint density at radius 1 is 0.958 bits per heavy atom. The third-order valence-corrected chi connectivity index (χ3v) is 6.22. The summed E-state index contributed by atoms with van der Waals surface area (Å²) in [6.45, 7) is 8.20. The van der Waals surface area contributed by atoms with Crippen LogP contribution in [0.5, 0.6) is 0 Å². The van der Waals surface area contributed by atoms with E-state index in [1.807, 2.05) is 18.2 Å². The van der Waals surface area contributed by atoms with Crippen molar-refractivity contribution < 1.29 is 0 Å². The van der Waals surface area contributed by atoms with Gasteiger partial charge < -0.3 is 9.80 Å². The van der Waals surface area contributed by atoms with Crippen LogP contribution in [0.1, 0.15) is 11.1 Å². The minimum Gasteiger partial charge on any atom is -0.367 e. The monoisotopic (exact) mass is 357 g/mol. The van der Waals surface area contributed by atoms with Crippen LogP contribution in [0.2, 0.25) is 5.02 Å².